The molecule has 4 rings (SSSR count). The van der Waals surface area contributed by atoms with Crippen LogP contribution in [0.4, 0.5) is 5.69 Å². The molecule has 0 aliphatic heterocycles. The Balaban J connectivity index is 0.00000380. The van der Waals surface area contributed by atoms with E-state index in [2.05, 4.69) is 21.2 Å². The van der Waals surface area contributed by atoms with Crippen molar-refractivity contribution >= 4 is 69.0 Å². The average molecular weight is 621 g/mol. The van der Waals surface area contributed by atoms with Gasteiger partial charge in [-0.1, -0.05) is 27.5 Å². The molecule has 3 aliphatic rings. The van der Waals surface area contributed by atoms with Gasteiger partial charge >= 0.3 is 0 Å². The molecule has 0 radical (unpaired) electrons. The largest absolute Gasteiger partial charge is 0.510 e. The second kappa shape index (κ2) is 9.91. The van der Waals surface area contributed by atoms with Gasteiger partial charge in [-0.15, -0.1) is 12.4 Å². The standard InChI is InChI=1S/C23H23BrClN3O8.ClH/c1-28(2)16-9-4-7-3-8-5-10(25)15(27-11(29)6-24)18(31)12(8)17(30)13(7)20(33)23(9,36)21(34)14(19(16)32)22(26)35;/h5,7,9,16,31-33,36H,3-4,6H2,1-2H3,(H2,26,35)(H,27,29);1H/t7?,9?,16-,23-;/m0./s1. The zero-order chi connectivity index (χ0) is 26.9. The average Bonchev–Trinajstić information content (AvgIpc) is 2.78. The number of likely N-dealkylation sites (N-methyl/N-ethyl adjacent to an activating group) is 1. The molecule has 2 amide bonds. The van der Waals surface area contributed by atoms with Crippen LogP contribution in [-0.4, -0.2) is 79.8 Å². The van der Waals surface area contributed by atoms with Crippen molar-refractivity contribution in [1.82, 2.24) is 4.90 Å². The van der Waals surface area contributed by atoms with Gasteiger partial charge < -0.3 is 31.5 Å². The third-order valence-corrected chi connectivity index (χ3v) is 7.86. The summed E-state index contributed by atoms with van der Waals surface area (Å²) in [6, 6.07) is 0.347. The Morgan fingerprint density at radius 1 is 1.27 bits per heavy atom. The van der Waals surface area contributed by atoms with Gasteiger partial charge in [0, 0.05) is 11.5 Å². The first-order valence-electron chi connectivity index (χ1n) is 10.8. The van der Waals surface area contributed by atoms with E-state index in [9.17, 15) is 39.6 Å². The maximum Gasteiger partial charge on any atom is 0.255 e. The molecule has 7 N–H and O–H groups in total. The minimum absolute atomic E-state index is 0. The number of hydrogen-bond acceptors (Lipinski definition) is 9. The second-order valence-corrected chi connectivity index (χ2v) is 10.2. The van der Waals surface area contributed by atoms with Crippen LogP contribution in [0, 0.1) is 11.8 Å². The lowest BCUT2D eigenvalue weighted by Crippen LogP contribution is -2.63. The molecule has 0 bridgehead atoms. The maximum atomic E-state index is 13.6. The summed E-state index contributed by atoms with van der Waals surface area (Å²) in [5.74, 6) is -8.09. The smallest absolute Gasteiger partial charge is 0.255 e. The zero-order valence-electron chi connectivity index (χ0n) is 19.5. The van der Waals surface area contributed by atoms with Gasteiger partial charge in [0.2, 0.25) is 11.7 Å². The number of phenolic OH excluding ortho intramolecular Hbond substituents is 1. The Morgan fingerprint density at radius 3 is 2.43 bits per heavy atom. The van der Waals surface area contributed by atoms with Crippen LogP contribution in [-0.2, 0) is 20.8 Å². The van der Waals surface area contributed by atoms with E-state index in [1.165, 1.54) is 11.0 Å². The molecule has 0 fully saturated rings. The highest BCUT2D eigenvalue weighted by Gasteiger charge is 2.63. The Kier molecular flexibility index (Phi) is 7.75. The number of alkyl halides is 1. The summed E-state index contributed by atoms with van der Waals surface area (Å²) in [5.41, 5.74) is 1.30. The first-order valence-corrected chi connectivity index (χ1v) is 12.3. The van der Waals surface area contributed by atoms with Crippen molar-refractivity contribution in [3.05, 3.63) is 44.9 Å². The highest BCUT2D eigenvalue weighted by molar-refractivity contribution is 9.09. The van der Waals surface area contributed by atoms with E-state index < -0.39 is 69.7 Å². The Hall–Kier alpha value is -2.64. The lowest BCUT2D eigenvalue weighted by Gasteiger charge is -2.50. The number of aliphatic hydroxyl groups excluding tert-OH is 2. The molecule has 0 spiro atoms. The number of amides is 2. The number of nitrogens with zero attached hydrogens (tertiary/aromatic N) is 1. The van der Waals surface area contributed by atoms with E-state index in [0.29, 0.717) is 5.56 Å². The summed E-state index contributed by atoms with van der Waals surface area (Å²) < 4.78 is 0. The molecular weight excluding hydrogens is 597 g/mol. The van der Waals surface area contributed by atoms with Crippen LogP contribution in [0.5, 0.6) is 5.75 Å². The molecule has 0 aromatic heterocycles. The number of hydrogen-bond donors (Lipinski definition) is 6. The van der Waals surface area contributed by atoms with Gasteiger partial charge in [-0.3, -0.25) is 24.1 Å². The Morgan fingerprint density at radius 2 is 1.89 bits per heavy atom. The Labute approximate surface area is 230 Å². The van der Waals surface area contributed by atoms with Crippen LogP contribution in [0.15, 0.2) is 28.7 Å². The fourth-order valence-electron chi connectivity index (χ4n) is 5.56. The number of anilines is 1. The van der Waals surface area contributed by atoms with Gasteiger partial charge in [-0.25, -0.2) is 0 Å². The number of primary amides is 1. The molecule has 14 heteroatoms. The number of aliphatic hydroxyl groups is 3. The SMILES string of the molecule is CN(C)[C@@H]1C(O)=C(C(N)=O)C(=O)[C@@]2(O)C(O)=C3C(=O)c4c(cc(Cl)c(NC(=O)CBr)c4O)CC3CC12.Cl. The number of allylic oxidation sites excluding steroid dienone is 1. The predicted molar refractivity (Wildman–Crippen MR) is 138 cm³/mol. The number of halogens is 3. The van der Waals surface area contributed by atoms with Crippen LogP contribution in [0.1, 0.15) is 22.3 Å². The molecule has 0 heterocycles. The topological polar surface area (TPSA) is 190 Å². The number of Topliss-reactive ketones (excluding diaryl/α,β-unsaturated/α-hetero) is 2. The molecular formula is C23H24BrCl2N3O8. The second-order valence-electron chi connectivity index (χ2n) is 9.26. The zero-order valence-corrected chi connectivity index (χ0v) is 22.7. The van der Waals surface area contributed by atoms with Gasteiger partial charge in [0.1, 0.15) is 22.8 Å². The molecule has 1 aromatic carbocycles. The van der Waals surface area contributed by atoms with Crippen molar-refractivity contribution in [3.8, 4) is 5.75 Å². The van der Waals surface area contributed by atoms with Gasteiger partial charge in [0.15, 0.2) is 17.1 Å². The number of carbonyl (C=O) groups is 4. The van der Waals surface area contributed by atoms with Crippen LogP contribution >= 0.6 is 39.9 Å². The van der Waals surface area contributed by atoms with Crippen molar-refractivity contribution in [1.29, 1.82) is 0 Å². The summed E-state index contributed by atoms with van der Waals surface area (Å²) in [5, 5.41) is 46.7. The minimum Gasteiger partial charge on any atom is -0.510 e. The van der Waals surface area contributed by atoms with Gasteiger partial charge in [-0.2, -0.15) is 0 Å². The van der Waals surface area contributed by atoms with Gasteiger partial charge in [0.05, 0.1) is 22.0 Å². The van der Waals surface area contributed by atoms with E-state index >= 15 is 0 Å². The lowest BCUT2D eigenvalue weighted by molar-refractivity contribution is -0.148. The molecule has 11 nitrogen and oxygen atoms in total. The van der Waals surface area contributed by atoms with Crippen molar-refractivity contribution in [3.63, 3.8) is 0 Å². The van der Waals surface area contributed by atoms with Gasteiger partial charge in [-0.05, 0) is 44.5 Å². The third kappa shape index (κ3) is 4.11. The highest BCUT2D eigenvalue weighted by Crippen LogP contribution is 2.53. The van der Waals surface area contributed by atoms with E-state index in [1.807, 2.05) is 0 Å². The minimum atomic E-state index is -2.72. The van der Waals surface area contributed by atoms with Gasteiger partial charge in [0.25, 0.3) is 5.91 Å². The molecule has 37 heavy (non-hydrogen) atoms. The number of rotatable bonds is 4. The number of aromatic hydroxyl groups is 1. The highest BCUT2D eigenvalue weighted by atomic mass is 79.9. The first kappa shape index (κ1) is 28.9. The molecule has 0 saturated heterocycles. The predicted octanol–water partition coefficient (Wildman–Crippen LogP) is 1.53. The molecule has 3 aliphatic carbocycles. The maximum absolute atomic E-state index is 13.6. The first-order chi connectivity index (χ1) is 16.8. The Bertz CT molecular complexity index is 1310. The molecule has 4 atom stereocenters. The van der Waals surface area contributed by atoms with E-state index in [0.717, 1.165) is 0 Å². The quantitative estimate of drug-likeness (QED) is 0.165. The summed E-state index contributed by atoms with van der Waals surface area (Å²) >= 11 is 9.24. The summed E-state index contributed by atoms with van der Waals surface area (Å²) in [4.78, 5) is 52.2. The van der Waals surface area contributed by atoms with Crippen molar-refractivity contribution in [2.75, 3.05) is 24.7 Å². The number of phenols is 1. The number of benzene rings is 1. The van der Waals surface area contributed by atoms with Crippen molar-refractivity contribution < 1.29 is 39.6 Å². The van der Waals surface area contributed by atoms with E-state index in [-0.39, 0.29) is 52.4 Å². The fourth-order valence-corrected chi connectivity index (χ4v) is 5.97. The number of nitrogens with two attached hydrogens (primary N) is 1. The number of fused-ring (bicyclic) bond motifs is 3. The molecule has 0 saturated carbocycles. The third-order valence-electron chi connectivity index (χ3n) is 7.05. The molecule has 200 valence electrons. The summed E-state index contributed by atoms with van der Waals surface area (Å²) in [6.07, 6.45) is 0.0563. The van der Waals surface area contributed by atoms with E-state index in [4.69, 9.17) is 17.3 Å². The van der Waals surface area contributed by atoms with Crippen LogP contribution in [0.2, 0.25) is 5.02 Å². The number of ketones is 2. The fraction of sp³-hybridized carbons (Fsp3) is 0.391. The lowest BCUT2D eigenvalue weighted by atomic mass is 9.58. The molecule has 1 aromatic rings. The number of nitrogens with one attached hydrogen (secondary N) is 1. The van der Waals surface area contributed by atoms with Crippen LogP contribution in [0.3, 0.4) is 0 Å². The normalized spacial score (nSPS) is 26.8. The van der Waals surface area contributed by atoms with E-state index in [1.54, 1.807) is 14.1 Å². The summed E-state index contributed by atoms with van der Waals surface area (Å²) in [7, 11) is 3.10. The van der Waals surface area contributed by atoms with Crippen molar-refractivity contribution in [2.45, 2.75) is 24.5 Å². The van der Waals surface area contributed by atoms with Crippen LogP contribution in [0.25, 0.3) is 0 Å². The monoisotopic (exact) mass is 619 g/mol. The van der Waals surface area contributed by atoms with Crippen molar-refractivity contribution in [2.24, 2.45) is 17.6 Å². The number of carbonyl (C=O) groups excluding carboxylic acids is 4. The summed E-state index contributed by atoms with van der Waals surface area (Å²) in [6.45, 7) is 0. The molecule has 2 unspecified atom stereocenters. The van der Waals surface area contributed by atoms with Crippen LogP contribution < -0.4 is 11.1 Å².